The quantitative estimate of drug-likeness (QED) is 0.671. The lowest BCUT2D eigenvalue weighted by atomic mass is 10.0. The lowest BCUT2D eigenvalue weighted by molar-refractivity contribution is 0.522. The summed E-state index contributed by atoms with van der Waals surface area (Å²) in [6.07, 6.45) is 8.42. The summed E-state index contributed by atoms with van der Waals surface area (Å²) < 4.78 is 1.89. The Labute approximate surface area is 105 Å². The van der Waals surface area contributed by atoms with Gasteiger partial charge in [0.2, 0.25) is 0 Å². The zero-order chi connectivity index (χ0) is 12.5. The maximum Gasteiger partial charge on any atom is 0.144 e. The number of anilines is 1. The van der Waals surface area contributed by atoms with Gasteiger partial charge in [-0.3, -0.25) is 0 Å². The Morgan fingerprint density at radius 3 is 2.71 bits per heavy atom. The second kappa shape index (κ2) is 8.09. The van der Waals surface area contributed by atoms with Crippen molar-refractivity contribution in [1.82, 2.24) is 15.0 Å². The maximum atomic E-state index is 3.99. The van der Waals surface area contributed by atoms with E-state index < -0.39 is 0 Å². The topological polar surface area (TPSA) is 42.7 Å². The Bertz CT molecular complexity index is 293. The molecule has 0 aromatic carbocycles. The van der Waals surface area contributed by atoms with Gasteiger partial charge in [0, 0.05) is 13.1 Å². The zero-order valence-corrected chi connectivity index (χ0v) is 11.4. The summed E-state index contributed by atoms with van der Waals surface area (Å²) in [6, 6.07) is 0. The molecule has 98 valence electrons. The predicted octanol–water partition coefficient (Wildman–Crippen LogP) is 3.32. The molecule has 17 heavy (non-hydrogen) atoms. The monoisotopic (exact) mass is 238 g/mol. The molecule has 1 N–H and O–H groups in total. The number of unbranched alkanes of at least 4 members (excludes halogenated alkanes) is 3. The molecule has 0 amide bonds. The molecule has 0 aliphatic heterocycles. The van der Waals surface area contributed by atoms with E-state index in [4.69, 9.17) is 0 Å². The molecule has 1 heterocycles. The summed E-state index contributed by atoms with van der Waals surface area (Å²) in [7, 11) is 0. The van der Waals surface area contributed by atoms with E-state index in [0.29, 0.717) is 0 Å². The van der Waals surface area contributed by atoms with Crippen LogP contribution in [0, 0.1) is 5.92 Å². The molecule has 1 aromatic rings. The molecular formula is C13H26N4. The number of rotatable bonds is 9. The fraction of sp³-hybridized carbons (Fsp3) is 0.846. The molecule has 0 bridgehead atoms. The van der Waals surface area contributed by atoms with Crippen molar-refractivity contribution in [3.8, 4) is 0 Å². The van der Waals surface area contributed by atoms with Crippen LogP contribution in [0.5, 0.6) is 0 Å². The van der Waals surface area contributed by atoms with Gasteiger partial charge in [0.15, 0.2) is 0 Å². The highest BCUT2D eigenvalue weighted by atomic mass is 15.4. The minimum Gasteiger partial charge on any atom is -0.369 e. The Hall–Kier alpha value is -1.06. The third kappa shape index (κ3) is 5.71. The molecule has 4 nitrogen and oxygen atoms in total. The van der Waals surface area contributed by atoms with Gasteiger partial charge in [0.1, 0.15) is 5.82 Å². The van der Waals surface area contributed by atoms with E-state index >= 15 is 0 Å². The van der Waals surface area contributed by atoms with Crippen LogP contribution in [-0.4, -0.2) is 21.5 Å². The molecule has 0 fully saturated rings. The Morgan fingerprint density at radius 2 is 2.00 bits per heavy atom. The van der Waals surface area contributed by atoms with Crippen molar-refractivity contribution < 1.29 is 0 Å². The third-order valence-corrected chi connectivity index (χ3v) is 2.93. The van der Waals surface area contributed by atoms with Crippen LogP contribution >= 0.6 is 0 Å². The summed E-state index contributed by atoms with van der Waals surface area (Å²) >= 11 is 0. The first kappa shape index (κ1) is 14.0. The molecule has 0 saturated carbocycles. The maximum absolute atomic E-state index is 3.99. The lowest BCUT2D eigenvalue weighted by Gasteiger charge is -2.07. The molecule has 0 spiro atoms. The second-order valence-corrected chi connectivity index (χ2v) is 4.96. The number of hydrogen-bond acceptors (Lipinski definition) is 3. The fourth-order valence-corrected chi connectivity index (χ4v) is 1.88. The van der Waals surface area contributed by atoms with Crippen LogP contribution in [-0.2, 0) is 6.54 Å². The highest BCUT2D eigenvalue weighted by Gasteiger charge is 2.00. The fourth-order valence-electron chi connectivity index (χ4n) is 1.88. The van der Waals surface area contributed by atoms with Gasteiger partial charge < -0.3 is 5.32 Å². The zero-order valence-electron chi connectivity index (χ0n) is 11.4. The van der Waals surface area contributed by atoms with Crippen LogP contribution in [0.3, 0.4) is 0 Å². The van der Waals surface area contributed by atoms with Crippen LogP contribution in [0.15, 0.2) is 6.20 Å². The molecule has 0 radical (unpaired) electrons. The normalized spacial score (nSPS) is 11.1. The van der Waals surface area contributed by atoms with E-state index in [9.17, 15) is 0 Å². The minimum atomic E-state index is 0.845. The minimum absolute atomic E-state index is 0.845. The number of nitrogens with one attached hydrogen (secondary N) is 1. The van der Waals surface area contributed by atoms with Gasteiger partial charge in [-0.1, -0.05) is 44.7 Å². The molecule has 1 aromatic heterocycles. The van der Waals surface area contributed by atoms with Gasteiger partial charge >= 0.3 is 0 Å². The smallest absolute Gasteiger partial charge is 0.144 e. The second-order valence-electron chi connectivity index (χ2n) is 4.96. The van der Waals surface area contributed by atoms with Crippen molar-refractivity contribution >= 4 is 5.82 Å². The van der Waals surface area contributed by atoms with Gasteiger partial charge in [-0.25, -0.2) is 4.68 Å². The van der Waals surface area contributed by atoms with Crippen LogP contribution in [0.25, 0.3) is 0 Å². The third-order valence-electron chi connectivity index (χ3n) is 2.93. The van der Waals surface area contributed by atoms with Crippen LogP contribution < -0.4 is 5.32 Å². The van der Waals surface area contributed by atoms with Gasteiger partial charge in [0.25, 0.3) is 0 Å². The summed E-state index contributed by atoms with van der Waals surface area (Å²) in [6.45, 7) is 8.55. The molecule has 0 unspecified atom stereocenters. The van der Waals surface area contributed by atoms with Crippen molar-refractivity contribution in [2.45, 2.75) is 59.4 Å². The van der Waals surface area contributed by atoms with E-state index in [1.807, 2.05) is 4.68 Å². The number of hydrogen-bond donors (Lipinski definition) is 1. The number of aryl methyl sites for hydroxylation is 1. The van der Waals surface area contributed by atoms with E-state index in [1.165, 1.54) is 32.1 Å². The van der Waals surface area contributed by atoms with Crippen LogP contribution in [0.2, 0.25) is 0 Å². The van der Waals surface area contributed by atoms with E-state index in [-0.39, 0.29) is 0 Å². The SMILES string of the molecule is CCn1nncc1NCCCCCCC(C)C. The lowest BCUT2D eigenvalue weighted by Crippen LogP contribution is -2.08. The summed E-state index contributed by atoms with van der Waals surface area (Å²) in [5.41, 5.74) is 0. The van der Waals surface area contributed by atoms with E-state index in [0.717, 1.165) is 24.8 Å². The predicted molar refractivity (Wildman–Crippen MR) is 72.1 cm³/mol. The van der Waals surface area contributed by atoms with Crippen molar-refractivity contribution in [3.05, 3.63) is 6.20 Å². The largest absolute Gasteiger partial charge is 0.369 e. The van der Waals surface area contributed by atoms with Crippen molar-refractivity contribution in [1.29, 1.82) is 0 Å². The molecule has 0 aliphatic carbocycles. The Kier molecular flexibility index (Phi) is 6.67. The first-order valence-electron chi connectivity index (χ1n) is 6.86. The van der Waals surface area contributed by atoms with E-state index in [1.54, 1.807) is 6.20 Å². The highest BCUT2D eigenvalue weighted by molar-refractivity contribution is 5.30. The Balaban J connectivity index is 2.01. The average molecular weight is 238 g/mol. The molecule has 4 heteroatoms. The molecule has 1 rings (SSSR count). The standard InChI is InChI=1S/C13H26N4/c1-4-17-13(11-15-16-17)14-10-8-6-5-7-9-12(2)3/h11-12,14H,4-10H2,1-3H3. The molecular weight excluding hydrogens is 212 g/mol. The summed E-state index contributed by atoms with van der Waals surface area (Å²) in [5, 5.41) is 11.3. The first-order valence-corrected chi connectivity index (χ1v) is 6.86. The van der Waals surface area contributed by atoms with Gasteiger partial charge in [-0.2, -0.15) is 0 Å². The highest BCUT2D eigenvalue weighted by Crippen LogP contribution is 2.10. The molecule has 0 saturated heterocycles. The average Bonchev–Trinajstić information content (AvgIpc) is 2.74. The molecule has 0 aliphatic rings. The summed E-state index contributed by atoms with van der Waals surface area (Å²) in [4.78, 5) is 0. The van der Waals surface area contributed by atoms with E-state index in [2.05, 4.69) is 36.4 Å². The summed E-state index contributed by atoms with van der Waals surface area (Å²) in [5.74, 6) is 1.88. The van der Waals surface area contributed by atoms with Crippen LogP contribution in [0.1, 0.15) is 52.9 Å². The Morgan fingerprint density at radius 1 is 1.24 bits per heavy atom. The number of nitrogens with zero attached hydrogens (tertiary/aromatic N) is 3. The van der Waals surface area contributed by atoms with Crippen molar-refractivity contribution in [2.24, 2.45) is 5.92 Å². The number of aromatic nitrogens is 3. The van der Waals surface area contributed by atoms with Crippen molar-refractivity contribution in [2.75, 3.05) is 11.9 Å². The van der Waals surface area contributed by atoms with Crippen LogP contribution in [0.4, 0.5) is 5.82 Å². The van der Waals surface area contributed by atoms with Gasteiger partial charge in [0.05, 0.1) is 6.20 Å². The van der Waals surface area contributed by atoms with Gasteiger partial charge in [-0.05, 0) is 19.3 Å². The van der Waals surface area contributed by atoms with Crippen molar-refractivity contribution in [3.63, 3.8) is 0 Å². The van der Waals surface area contributed by atoms with Gasteiger partial charge in [-0.15, -0.1) is 5.10 Å². The first-order chi connectivity index (χ1) is 8.24. The molecule has 0 atom stereocenters.